The highest BCUT2D eigenvalue weighted by Gasteiger charge is 2.24. The summed E-state index contributed by atoms with van der Waals surface area (Å²) in [6.07, 6.45) is 7.50. The third kappa shape index (κ3) is 8.42. The molecule has 3 N–H and O–H groups in total. The molecule has 3 heterocycles. The molecule has 1 aliphatic rings. The minimum atomic E-state index is -0.0820. The number of aryl methyl sites for hydroxylation is 1. The zero-order valence-electron chi connectivity index (χ0n) is 19.0. The first-order chi connectivity index (χ1) is 15.2. The number of amides is 1. The molecule has 32 heavy (non-hydrogen) atoms. The van der Waals surface area contributed by atoms with Gasteiger partial charge >= 0.3 is 0 Å². The van der Waals surface area contributed by atoms with Crippen molar-refractivity contribution in [2.75, 3.05) is 38.0 Å². The van der Waals surface area contributed by atoms with Gasteiger partial charge in [0.15, 0.2) is 5.96 Å². The number of anilines is 1. The molecule has 2 aromatic rings. The molecule has 1 saturated heterocycles. The molecule has 9 heteroatoms. The zero-order chi connectivity index (χ0) is 21.9. The number of furan rings is 1. The standard InChI is InChI=1S/C23H34N6O2.HI/c1-3-24-23(25-12-11-22(30)28-21-10-9-18(2)16-26-21)27-17-19(20-8-7-15-31-20)29-13-5-4-6-14-29;/h7-10,15-16,19H,3-6,11-14,17H2,1-2H3,(H2,24,25,27)(H,26,28,30);1H. The Labute approximate surface area is 207 Å². The number of likely N-dealkylation sites (tertiary alicyclic amines) is 1. The van der Waals surface area contributed by atoms with Gasteiger partial charge in [0.25, 0.3) is 0 Å². The van der Waals surface area contributed by atoms with Gasteiger partial charge in [0.2, 0.25) is 5.91 Å². The highest BCUT2D eigenvalue weighted by atomic mass is 127. The lowest BCUT2D eigenvalue weighted by atomic mass is 10.1. The Morgan fingerprint density at radius 1 is 1.22 bits per heavy atom. The Morgan fingerprint density at radius 2 is 2.03 bits per heavy atom. The lowest BCUT2D eigenvalue weighted by Gasteiger charge is -2.32. The summed E-state index contributed by atoms with van der Waals surface area (Å²) < 4.78 is 5.71. The largest absolute Gasteiger partial charge is 0.468 e. The normalized spacial score (nSPS) is 15.5. The summed E-state index contributed by atoms with van der Waals surface area (Å²) in [6.45, 7) is 7.96. The maximum absolute atomic E-state index is 12.2. The first-order valence-corrected chi connectivity index (χ1v) is 11.2. The van der Waals surface area contributed by atoms with Crippen LogP contribution in [0.1, 0.15) is 50.0 Å². The highest BCUT2D eigenvalue weighted by Crippen LogP contribution is 2.25. The first kappa shape index (κ1) is 26.1. The van der Waals surface area contributed by atoms with Crippen LogP contribution in [0.3, 0.4) is 0 Å². The Morgan fingerprint density at radius 3 is 2.69 bits per heavy atom. The molecule has 2 aromatic heterocycles. The summed E-state index contributed by atoms with van der Waals surface area (Å²) >= 11 is 0. The van der Waals surface area contributed by atoms with Crippen LogP contribution >= 0.6 is 24.0 Å². The third-order valence-corrected chi connectivity index (χ3v) is 5.29. The van der Waals surface area contributed by atoms with Gasteiger partial charge in [-0.2, -0.15) is 0 Å². The molecule has 0 spiro atoms. The Hall–Kier alpha value is -2.14. The van der Waals surface area contributed by atoms with Gasteiger partial charge < -0.3 is 20.4 Å². The fourth-order valence-corrected chi connectivity index (χ4v) is 3.66. The summed E-state index contributed by atoms with van der Waals surface area (Å²) in [7, 11) is 0. The fraction of sp³-hybridized carbons (Fsp3) is 0.522. The quantitative estimate of drug-likeness (QED) is 0.249. The molecule has 1 fully saturated rings. The number of carbonyl (C=O) groups is 1. The van der Waals surface area contributed by atoms with Crippen LogP contribution in [0.4, 0.5) is 5.82 Å². The average Bonchev–Trinajstić information content (AvgIpc) is 3.31. The van der Waals surface area contributed by atoms with Crippen molar-refractivity contribution in [1.29, 1.82) is 0 Å². The number of hydrogen-bond donors (Lipinski definition) is 3. The molecule has 0 aliphatic carbocycles. The van der Waals surface area contributed by atoms with E-state index in [0.717, 1.165) is 31.0 Å². The molecule has 3 rings (SSSR count). The molecular weight excluding hydrogens is 519 g/mol. The van der Waals surface area contributed by atoms with Crippen molar-refractivity contribution in [3.63, 3.8) is 0 Å². The van der Waals surface area contributed by atoms with Crippen LogP contribution in [-0.2, 0) is 4.79 Å². The van der Waals surface area contributed by atoms with Gasteiger partial charge in [0.05, 0.1) is 18.8 Å². The average molecular weight is 554 g/mol. The summed E-state index contributed by atoms with van der Waals surface area (Å²) in [5.41, 5.74) is 1.06. The number of pyridine rings is 1. The number of aliphatic imine (C=N–C) groups is 1. The molecule has 8 nitrogen and oxygen atoms in total. The fourth-order valence-electron chi connectivity index (χ4n) is 3.66. The van der Waals surface area contributed by atoms with E-state index in [9.17, 15) is 4.79 Å². The van der Waals surface area contributed by atoms with Crippen LogP contribution in [0.15, 0.2) is 46.1 Å². The summed E-state index contributed by atoms with van der Waals surface area (Å²) in [4.78, 5) is 23.6. The van der Waals surface area contributed by atoms with Crippen molar-refractivity contribution < 1.29 is 9.21 Å². The maximum Gasteiger partial charge on any atom is 0.227 e. The molecule has 0 radical (unpaired) electrons. The molecule has 1 amide bonds. The van der Waals surface area contributed by atoms with E-state index < -0.39 is 0 Å². The minimum Gasteiger partial charge on any atom is -0.468 e. The van der Waals surface area contributed by atoms with E-state index in [-0.39, 0.29) is 35.9 Å². The van der Waals surface area contributed by atoms with Gasteiger partial charge in [-0.05, 0) is 63.5 Å². The van der Waals surface area contributed by atoms with E-state index >= 15 is 0 Å². The Bertz CT molecular complexity index is 820. The highest BCUT2D eigenvalue weighted by molar-refractivity contribution is 14.0. The summed E-state index contributed by atoms with van der Waals surface area (Å²) in [5.74, 6) is 2.14. The Kier molecular flexibility index (Phi) is 11.5. The van der Waals surface area contributed by atoms with Gasteiger partial charge in [-0.15, -0.1) is 24.0 Å². The molecule has 0 aromatic carbocycles. The monoisotopic (exact) mass is 554 g/mol. The number of nitrogens with zero attached hydrogens (tertiary/aromatic N) is 3. The third-order valence-electron chi connectivity index (χ3n) is 5.29. The molecule has 0 saturated carbocycles. The number of rotatable bonds is 9. The van der Waals surface area contributed by atoms with E-state index in [2.05, 4.69) is 25.8 Å². The molecule has 0 bridgehead atoms. The topological polar surface area (TPSA) is 94.8 Å². The van der Waals surface area contributed by atoms with Gasteiger partial charge in [0.1, 0.15) is 11.6 Å². The molecule has 176 valence electrons. The second-order valence-corrected chi connectivity index (χ2v) is 7.79. The number of piperidine rings is 1. The van der Waals surface area contributed by atoms with Gasteiger partial charge in [-0.1, -0.05) is 12.5 Å². The summed E-state index contributed by atoms with van der Waals surface area (Å²) in [5, 5.41) is 9.34. The van der Waals surface area contributed by atoms with E-state index in [1.807, 2.05) is 38.1 Å². The number of halogens is 1. The molecule has 1 unspecified atom stereocenters. The van der Waals surface area contributed by atoms with Gasteiger partial charge in [-0.3, -0.25) is 14.7 Å². The predicted molar refractivity (Wildman–Crippen MR) is 138 cm³/mol. The number of hydrogen-bond acceptors (Lipinski definition) is 5. The van der Waals surface area contributed by atoms with Crippen molar-refractivity contribution in [3.05, 3.63) is 48.0 Å². The second-order valence-electron chi connectivity index (χ2n) is 7.79. The molecule has 1 aliphatic heterocycles. The summed E-state index contributed by atoms with van der Waals surface area (Å²) in [6, 6.07) is 7.82. The van der Waals surface area contributed by atoms with Crippen LogP contribution in [-0.4, -0.2) is 54.5 Å². The van der Waals surface area contributed by atoms with Gasteiger partial charge in [0, 0.05) is 25.7 Å². The lowest BCUT2D eigenvalue weighted by Crippen LogP contribution is -2.40. The van der Waals surface area contributed by atoms with Crippen LogP contribution in [0, 0.1) is 6.92 Å². The maximum atomic E-state index is 12.2. The van der Waals surface area contributed by atoms with Crippen LogP contribution < -0.4 is 16.0 Å². The van der Waals surface area contributed by atoms with Crippen molar-refractivity contribution in [2.45, 2.75) is 45.6 Å². The van der Waals surface area contributed by atoms with E-state index in [1.165, 1.54) is 19.3 Å². The predicted octanol–water partition coefficient (Wildman–Crippen LogP) is 3.71. The zero-order valence-corrected chi connectivity index (χ0v) is 21.3. The van der Waals surface area contributed by atoms with E-state index in [4.69, 9.17) is 9.41 Å². The molecule has 1 atom stereocenters. The lowest BCUT2D eigenvalue weighted by molar-refractivity contribution is -0.116. The van der Waals surface area contributed by atoms with Crippen molar-refractivity contribution in [3.8, 4) is 0 Å². The van der Waals surface area contributed by atoms with Gasteiger partial charge in [-0.25, -0.2) is 4.98 Å². The van der Waals surface area contributed by atoms with Crippen molar-refractivity contribution >= 4 is 41.7 Å². The SMILES string of the molecule is CCNC(=NCC(c1ccco1)N1CCCCC1)NCCC(=O)Nc1ccc(C)cn1.I. The minimum absolute atomic E-state index is 0. The number of carbonyl (C=O) groups excluding carboxylic acids is 1. The van der Waals surface area contributed by atoms with Crippen LogP contribution in [0.2, 0.25) is 0 Å². The number of nitrogens with one attached hydrogen (secondary N) is 3. The first-order valence-electron chi connectivity index (χ1n) is 11.2. The van der Waals surface area contributed by atoms with E-state index in [1.54, 1.807) is 12.5 Å². The second kappa shape index (κ2) is 14.1. The van der Waals surface area contributed by atoms with Crippen molar-refractivity contribution in [1.82, 2.24) is 20.5 Å². The van der Waals surface area contributed by atoms with Crippen molar-refractivity contribution in [2.24, 2.45) is 4.99 Å². The smallest absolute Gasteiger partial charge is 0.227 e. The van der Waals surface area contributed by atoms with Crippen LogP contribution in [0.25, 0.3) is 0 Å². The number of guanidine groups is 1. The molecular formula is C23H35IN6O2. The van der Waals surface area contributed by atoms with E-state index in [0.29, 0.717) is 31.3 Å². The Balaban J connectivity index is 0.00000363. The van der Waals surface area contributed by atoms with Crippen LogP contribution in [0.5, 0.6) is 0 Å². The number of aromatic nitrogens is 1.